The van der Waals surface area contributed by atoms with Crippen molar-refractivity contribution < 1.29 is 4.79 Å². The topological polar surface area (TPSA) is 54.9 Å². The van der Waals surface area contributed by atoms with Crippen molar-refractivity contribution in [1.29, 1.82) is 0 Å². The number of carbonyl (C=O) groups is 1. The Morgan fingerprint density at radius 3 is 2.35 bits per heavy atom. The molecule has 3 rings (SSSR count). The Hall–Kier alpha value is -1.79. The van der Waals surface area contributed by atoms with Crippen LogP contribution in [0.3, 0.4) is 0 Å². The molecule has 26 heavy (non-hydrogen) atoms. The number of anilines is 1. The Balaban J connectivity index is 1.58. The zero-order chi connectivity index (χ0) is 18.5. The van der Waals surface area contributed by atoms with Crippen LogP contribution < -0.4 is 5.32 Å². The number of nitrogens with zero attached hydrogens (tertiary/aromatic N) is 2. The number of benzene rings is 2. The van der Waals surface area contributed by atoms with Crippen LogP contribution in [0.1, 0.15) is 0 Å². The molecule has 0 aliphatic heterocycles. The second kappa shape index (κ2) is 8.73. The maximum absolute atomic E-state index is 12.1. The third kappa shape index (κ3) is 5.11. The monoisotopic (exact) mass is 423 g/mol. The van der Waals surface area contributed by atoms with Gasteiger partial charge in [-0.1, -0.05) is 58.7 Å². The average Bonchev–Trinajstić information content (AvgIpc) is 2.64. The molecule has 0 aliphatic rings. The normalized spacial score (nSPS) is 10.6. The van der Waals surface area contributed by atoms with E-state index in [9.17, 15) is 4.79 Å². The molecule has 0 saturated heterocycles. The van der Waals surface area contributed by atoms with E-state index in [0.29, 0.717) is 25.8 Å². The van der Waals surface area contributed by atoms with Gasteiger partial charge in [0.25, 0.3) is 0 Å². The van der Waals surface area contributed by atoms with Crippen LogP contribution in [0.4, 0.5) is 5.69 Å². The van der Waals surface area contributed by atoms with Gasteiger partial charge in [-0.05, 0) is 42.5 Å². The van der Waals surface area contributed by atoms with Gasteiger partial charge in [0, 0.05) is 15.6 Å². The molecule has 8 heteroatoms. The molecule has 0 aliphatic carbocycles. The molecular weight excluding hydrogens is 413 g/mol. The summed E-state index contributed by atoms with van der Waals surface area (Å²) in [6.45, 7) is 0. The molecule has 1 heterocycles. The molecule has 3 aromatic rings. The predicted octanol–water partition coefficient (Wildman–Crippen LogP) is 5.83. The molecular formula is C18H12Cl3N3OS. The number of carbonyl (C=O) groups excluding carboxylic acids is 1. The first-order chi connectivity index (χ1) is 12.5. The second-order valence-electron chi connectivity index (χ2n) is 5.22. The number of rotatable bonds is 5. The molecule has 0 spiro atoms. The van der Waals surface area contributed by atoms with Crippen LogP contribution in [0.25, 0.3) is 11.3 Å². The molecule has 0 fully saturated rings. The summed E-state index contributed by atoms with van der Waals surface area (Å²) < 4.78 is 0. The van der Waals surface area contributed by atoms with E-state index in [1.165, 1.54) is 11.8 Å². The quantitative estimate of drug-likeness (QED) is 0.523. The van der Waals surface area contributed by atoms with E-state index >= 15 is 0 Å². The van der Waals surface area contributed by atoms with E-state index in [0.717, 1.165) is 11.3 Å². The van der Waals surface area contributed by atoms with Crippen LogP contribution in [0.15, 0.2) is 59.6 Å². The number of aromatic nitrogens is 2. The zero-order valence-corrected chi connectivity index (χ0v) is 16.3. The van der Waals surface area contributed by atoms with Gasteiger partial charge in [-0.2, -0.15) is 0 Å². The van der Waals surface area contributed by atoms with E-state index in [2.05, 4.69) is 15.5 Å². The van der Waals surface area contributed by atoms with Gasteiger partial charge in [0.2, 0.25) is 5.91 Å². The van der Waals surface area contributed by atoms with Crippen molar-refractivity contribution in [3.63, 3.8) is 0 Å². The SMILES string of the molecule is O=C(CSc1ccc(-c2ccc(Cl)cc2)nn1)Nc1cc(Cl)ccc1Cl. The molecule has 4 nitrogen and oxygen atoms in total. The Morgan fingerprint density at radius 2 is 1.65 bits per heavy atom. The summed E-state index contributed by atoms with van der Waals surface area (Å²) in [6.07, 6.45) is 0. The fraction of sp³-hybridized carbons (Fsp3) is 0.0556. The summed E-state index contributed by atoms with van der Waals surface area (Å²) in [5.41, 5.74) is 2.14. The first kappa shape index (κ1) is 19.0. The van der Waals surface area contributed by atoms with Crippen LogP contribution in [0.2, 0.25) is 15.1 Å². The second-order valence-corrected chi connectivity index (χ2v) is 7.50. The van der Waals surface area contributed by atoms with E-state index in [1.54, 1.807) is 30.3 Å². The first-order valence-corrected chi connectivity index (χ1v) is 9.60. The highest BCUT2D eigenvalue weighted by Crippen LogP contribution is 2.26. The average molecular weight is 425 g/mol. The third-order valence-electron chi connectivity index (χ3n) is 3.33. The van der Waals surface area contributed by atoms with Gasteiger partial charge < -0.3 is 5.32 Å². The largest absolute Gasteiger partial charge is 0.324 e. The minimum absolute atomic E-state index is 0.178. The Labute approximate surface area is 169 Å². The fourth-order valence-electron chi connectivity index (χ4n) is 2.09. The predicted molar refractivity (Wildman–Crippen MR) is 108 cm³/mol. The van der Waals surface area contributed by atoms with E-state index in [-0.39, 0.29) is 11.7 Å². The molecule has 1 amide bonds. The van der Waals surface area contributed by atoms with Crippen molar-refractivity contribution in [3.05, 3.63) is 69.7 Å². The van der Waals surface area contributed by atoms with Crippen LogP contribution in [0.5, 0.6) is 0 Å². The number of hydrogen-bond donors (Lipinski definition) is 1. The molecule has 0 saturated carbocycles. The van der Waals surface area contributed by atoms with Crippen molar-refractivity contribution in [1.82, 2.24) is 10.2 Å². The molecule has 1 aromatic heterocycles. The minimum Gasteiger partial charge on any atom is -0.324 e. The molecule has 2 aromatic carbocycles. The Kier molecular flexibility index (Phi) is 6.38. The number of amides is 1. The lowest BCUT2D eigenvalue weighted by molar-refractivity contribution is -0.113. The highest BCUT2D eigenvalue weighted by atomic mass is 35.5. The minimum atomic E-state index is -0.206. The van der Waals surface area contributed by atoms with Gasteiger partial charge in [0.1, 0.15) is 5.03 Å². The van der Waals surface area contributed by atoms with Gasteiger partial charge in [0.15, 0.2) is 0 Å². The van der Waals surface area contributed by atoms with Crippen molar-refractivity contribution in [2.75, 3.05) is 11.1 Å². The van der Waals surface area contributed by atoms with Gasteiger partial charge in [0.05, 0.1) is 22.2 Å². The van der Waals surface area contributed by atoms with E-state index in [1.807, 2.05) is 24.3 Å². The summed E-state index contributed by atoms with van der Waals surface area (Å²) >= 11 is 19.1. The highest BCUT2D eigenvalue weighted by Gasteiger charge is 2.09. The zero-order valence-electron chi connectivity index (χ0n) is 13.2. The van der Waals surface area contributed by atoms with Gasteiger partial charge in [-0.15, -0.1) is 10.2 Å². The fourth-order valence-corrected chi connectivity index (χ4v) is 3.17. The van der Waals surface area contributed by atoms with E-state index in [4.69, 9.17) is 34.8 Å². The lowest BCUT2D eigenvalue weighted by atomic mass is 10.1. The van der Waals surface area contributed by atoms with Crippen LogP contribution in [-0.4, -0.2) is 21.9 Å². The van der Waals surface area contributed by atoms with Crippen LogP contribution in [0, 0.1) is 0 Å². The standard InChI is InChI=1S/C18H12Cl3N3OS/c19-12-3-1-11(2-4-12)15-7-8-18(24-23-15)26-10-17(25)22-16-9-13(20)5-6-14(16)21/h1-9H,10H2,(H,22,25). The molecule has 132 valence electrons. The lowest BCUT2D eigenvalue weighted by Gasteiger charge is -2.07. The first-order valence-electron chi connectivity index (χ1n) is 7.48. The molecule has 0 unspecified atom stereocenters. The van der Waals surface area contributed by atoms with Crippen molar-refractivity contribution in [3.8, 4) is 11.3 Å². The summed E-state index contributed by atoms with van der Waals surface area (Å²) in [5, 5.41) is 13.3. The van der Waals surface area contributed by atoms with Crippen LogP contribution in [-0.2, 0) is 4.79 Å². The summed E-state index contributed by atoms with van der Waals surface area (Å²) in [5.74, 6) is -0.0274. The van der Waals surface area contributed by atoms with Crippen molar-refractivity contribution >= 4 is 58.2 Å². The van der Waals surface area contributed by atoms with Gasteiger partial charge in [-0.25, -0.2) is 0 Å². The summed E-state index contributed by atoms with van der Waals surface area (Å²) in [7, 11) is 0. The third-order valence-corrected chi connectivity index (χ3v) is 5.07. The number of nitrogens with one attached hydrogen (secondary N) is 1. The smallest absolute Gasteiger partial charge is 0.234 e. The van der Waals surface area contributed by atoms with Gasteiger partial charge in [-0.3, -0.25) is 4.79 Å². The Bertz CT molecular complexity index is 918. The lowest BCUT2D eigenvalue weighted by Crippen LogP contribution is -2.14. The molecule has 1 N–H and O–H groups in total. The van der Waals surface area contributed by atoms with Crippen LogP contribution >= 0.6 is 46.6 Å². The Morgan fingerprint density at radius 1 is 0.923 bits per heavy atom. The van der Waals surface area contributed by atoms with Gasteiger partial charge >= 0.3 is 0 Å². The maximum Gasteiger partial charge on any atom is 0.234 e. The molecule has 0 bridgehead atoms. The maximum atomic E-state index is 12.1. The number of halogens is 3. The molecule has 0 atom stereocenters. The summed E-state index contributed by atoms with van der Waals surface area (Å²) in [4.78, 5) is 12.1. The number of thioether (sulfide) groups is 1. The summed E-state index contributed by atoms with van der Waals surface area (Å²) in [6, 6.07) is 15.9. The van der Waals surface area contributed by atoms with Crippen molar-refractivity contribution in [2.45, 2.75) is 5.03 Å². The highest BCUT2D eigenvalue weighted by molar-refractivity contribution is 7.99. The van der Waals surface area contributed by atoms with Crippen molar-refractivity contribution in [2.24, 2.45) is 0 Å². The van der Waals surface area contributed by atoms with E-state index < -0.39 is 0 Å². The molecule has 0 radical (unpaired) electrons. The number of hydrogen-bond acceptors (Lipinski definition) is 4.